The van der Waals surface area contributed by atoms with Crippen LogP contribution >= 0.6 is 0 Å². The molecule has 0 unspecified atom stereocenters. The van der Waals surface area contributed by atoms with Crippen LogP contribution in [-0.2, 0) is 0 Å². The minimum absolute atomic E-state index is 0.567. The summed E-state index contributed by atoms with van der Waals surface area (Å²) < 4.78 is 1.14. The summed E-state index contributed by atoms with van der Waals surface area (Å²) in [6.45, 7) is 26.7. The van der Waals surface area contributed by atoms with E-state index in [0.29, 0.717) is 6.66 Å². The van der Waals surface area contributed by atoms with Gasteiger partial charge in [0.2, 0.25) is 0 Å². The van der Waals surface area contributed by atoms with Crippen LogP contribution in [0.1, 0.15) is 108 Å². The Hall–Kier alpha value is 0.669. The Bertz CT molecular complexity index is 572. The van der Waals surface area contributed by atoms with Crippen LogP contribution in [0.5, 0.6) is 0 Å². The number of allylic oxidation sites excluding steroid dienone is 2. The van der Waals surface area contributed by atoms with E-state index >= 15 is 0 Å². The third-order valence-electron chi connectivity index (χ3n) is 10.0. The van der Waals surface area contributed by atoms with Crippen LogP contribution in [0.3, 0.4) is 0 Å². The molecule has 0 radical (unpaired) electrons. The Balaban J connectivity index is 4.01. The Labute approximate surface area is 203 Å². The molecule has 1 heterocycles. The van der Waals surface area contributed by atoms with E-state index in [0.717, 1.165) is 25.3 Å². The average molecular weight is 535 g/mol. The van der Waals surface area contributed by atoms with E-state index in [1.165, 1.54) is 63.8 Å². The molecule has 0 aromatic heterocycles. The van der Waals surface area contributed by atoms with Gasteiger partial charge in [-0.3, -0.25) is 0 Å². The van der Waals surface area contributed by atoms with Crippen LogP contribution in [0, 0.1) is 11.8 Å². The molecule has 0 nitrogen and oxygen atoms in total. The van der Waals surface area contributed by atoms with E-state index in [1.54, 1.807) is 0 Å². The first-order chi connectivity index (χ1) is 14.5. The SMILES string of the molecule is CCB(CC)[C@@]1(CCC(C)C)C(CC)=C(CCC(C)C)[C@@](CC)(B(CC)CC)[Sn]1([CH3])[CH3]. The van der Waals surface area contributed by atoms with Crippen molar-refractivity contribution >= 4 is 31.8 Å². The van der Waals surface area contributed by atoms with E-state index in [-0.39, 0.29) is 0 Å². The molecule has 0 bridgehead atoms. The topological polar surface area (TPSA) is 0 Å². The van der Waals surface area contributed by atoms with Crippen molar-refractivity contribution in [3.63, 3.8) is 0 Å². The van der Waals surface area contributed by atoms with E-state index in [4.69, 9.17) is 0 Å². The van der Waals surface area contributed by atoms with Gasteiger partial charge in [-0.15, -0.1) is 0 Å². The standard InChI is InChI=1S/C26H52B2.2CH3.Sn/c1-11-23(26(20-18-22(9)10)28(15-5)16-6)24(19-17-21(7)8)25(12-2)27(13-3)14-4;;;/h21-22H,11-20H2,1-10H3;2*1H3;. The van der Waals surface area contributed by atoms with E-state index < -0.39 is 18.4 Å². The number of hydrogen-bond donors (Lipinski definition) is 0. The van der Waals surface area contributed by atoms with Gasteiger partial charge in [0.15, 0.2) is 0 Å². The molecule has 0 saturated heterocycles. The van der Waals surface area contributed by atoms with Crippen molar-refractivity contribution in [3.05, 3.63) is 11.1 Å². The second kappa shape index (κ2) is 12.4. The molecule has 1 aliphatic rings. The maximum atomic E-state index is 2.94. The second-order valence-electron chi connectivity index (χ2n) is 12.1. The van der Waals surface area contributed by atoms with Crippen LogP contribution in [-0.4, -0.2) is 31.8 Å². The van der Waals surface area contributed by atoms with Crippen molar-refractivity contribution in [2.45, 2.75) is 150 Å². The molecule has 1 rings (SSSR count). The maximum absolute atomic E-state index is 2.94. The summed E-state index contributed by atoms with van der Waals surface area (Å²) in [6.07, 6.45) is 13.9. The van der Waals surface area contributed by atoms with Crippen LogP contribution in [0.25, 0.3) is 0 Å². The van der Waals surface area contributed by atoms with Gasteiger partial charge in [0.25, 0.3) is 0 Å². The van der Waals surface area contributed by atoms with E-state index in [9.17, 15) is 0 Å². The Morgan fingerprint density at radius 2 is 1.13 bits per heavy atom. The molecule has 0 fully saturated rings. The number of rotatable bonds is 14. The molecular weight excluding hydrogens is 477 g/mol. The fourth-order valence-electron chi connectivity index (χ4n) is 8.64. The monoisotopic (exact) mass is 536 g/mol. The predicted molar refractivity (Wildman–Crippen MR) is 152 cm³/mol. The first-order valence-electron chi connectivity index (χ1n) is 14.2. The molecule has 2 atom stereocenters. The van der Waals surface area contributed by atoms with Gasteiger partial charge in [0.05, 0.1) is 0 Å². The van der Waals surface area contributed by atoms with Gasteiger partial charge in [0.1, 0.15) is 0 Å². The fraction of sp³-hybridized carbons (Fsp3) is 0.929. The Morgan fingerprint density at radius 3 is 1.48 bits per heavy atom. The van der Waals surface area contributed by atoms with Gasteiger partial charge >= 0.3 is 204 Å². The van der Waals surface area contributed by atoms with E-state index in [2.05, 4.69) is 79.1 Å². The van der Waals surface area contributed by atoms with E-state index in [1.807, 2.05) is 11.1 Å². The summed E-state index contributed by atoms with van der Waals surface area (Å²) in [5, 5.41) is 0. The van der Waals surface area contributed by atoms with Crippen molar-refractivity contribution in [3.8, 4) is 0 Å². The molecule has 0 saturated carbocycles. The molecule has 0 spiro atoms. The van der Waals surface area contributed by atoms with Crippen molar-refractivity contribution in [2.24, 2.45) is 11.8 Å². The first-order valence-corrected chi connectivity index (χ1v) is 22.8. The third kappa shape index (κ3) is 5.05. The van der Waals surface area contributed by atoms with Gasteiger partial charge in [-0.05, 0) is 0 Å². The summed E-state index contributed by atoms with van der Waals surface area (Å²) in [5.41, 5.74) is 4.04. The zero-order chi connectivity index (χ0) is 24.0. The van der Waals surface area contributed by atoms with Gasteiger partial charge in [0, 0.05) is 0 Å². The molecule has 1 aliphatic heterocycles. The summed E-state index contributed by atoms with van der Waals surface area (Å²) in [7, 11) is 0. The Morgan fingerprint density at radius 1 is 0.677 bits per heavy atom. The molecule has 0 aromatic rings. The molecule has 180 valence electrons. The summed E-state index contributed by atoms with van der Waals surface area (Å²) in [4.78, 5) is 5.88. The molecule has 31 heavy (non-hydrogen) atoms. The molecule has 0 amide bonds. The van der Waals surface area contributed by atoms with Crippen molar-refractivity contribution < 1.29 is 0 Å². The zero-order valence-corrected chi connectivity index (χ0v) is 26.7. The third-order valence-corrected chi connectivity index (χ3v) is 28.5. The molecule has 0 aromatic carbocycles. The van der Waals surface area contributed by atoms with Crippen molar-refractivity contribution in [1.82, 2.24) is 0 Å². The normalized spacial score (nSPS) is 25.7. The molecule has 3 heteroatoms. The summed E-state index contributed by atoms with van der Waals surface area (Å²) >= 11 is -2.69. The average Bonchev–Trinajstić information content (AvgIpc) is 2.88. The molecule has 0 aliphatic carbocycles. The van der Waals surface area contributed by atoms with Crippen LogP contribution in [0.15, 0.2) is 11.1 Å². The van der Waals surface area contributed by atoms with Crippen LogP contribution in [0.2, 0.25) is 41.8 Å². The van der Waals surface area contributed by atoms with Crippen molar-refractivity contribution in [2.75, 3.05) is 0 Å². The van der Waals surface area contributed by atoms with Gasteiger partial charge in [-0.1, -0.05) is 0 Å². The van der Waals surface area contributed by atoms with Gasteiger partial charge in [-0.2, -0.15) is 0 Å². The minimum atomic E-state index is -2.69. The second-order valence-corrected chi connectivity index (χ2v) is 26.5. The molecule has 0 N–H and O–H groups in total. The molecular formula is C28H58B2Sn. The van der Waals surface area contributed by atoms with Gasteiger partial charge < -0.3 is 0 Å². The van der Waals surface area contributed by atoms with Crippen LogP contribution < -0.4 is 0 Å². The summed E-state index contributed by atoms with van der Waals surface area (Å²) in [5.74, 6) is 1.62. The van der Waals surface area contributed by atoms with Crippen LogP contribution in [0.4, 0.5) is 0 Å². The predicted octanol–water partition coefficient (Wildman–Crippen LogP) is 10.3. The van der Waals surface area contributed by atoms with Crippen molar-refractivity contribution in [1.29, 1.82) is 0 Å². The zero-order valence-electron chi connectivity index (χ0n) is 23.9. The number of hydrogen-bond acceptors (Lipinski definition) is 0. The summed E-state index contributed by atoms with van der Waals surface area (Å²) in [6, 6.07) is 0. The van der Waals surface area contributed by atoms with Gasteiger partial charge in [-0.25, -0.2) is 0 Å². The first kappa shape index (κ1) is 29.7. The quantitative estimate of drug-likeness (QED) is 0.153. The fourth-order valence-corrected chi connectivity index (χ4v) is 29.8. The Kier molecular flexibility index (Phi) is 11.9.